The number of hydrogen-bond donors (Lipinski definition) is 0. The van der Waals surface area contributed by atoms with Gasteiger partial charge in [0.2, 0.25) is 11.8 Å². The van der Waals surface area contributed by atoms with Gasteiger partial charge in [0.15, 0.2) is 0 Å². The summed E-state index contributed by atoms with van der Waals surface area (Å²) in [6.07, 6.45) is 5.34. The average Bonchev–Trinajstić information content (AvgIpc) is 3.46. The van der Waals surface area contributed by atoms with Gasteiger partial charge in [-0.05, 0) is 69.8 Å². The van der Waals surface area contributed by atoms with Gasteiger partial charge in [0, 0.05) is 32.7 Å². The molecule has 0 bridgehead atoms. The molecule has 3 saturated heterocycles. The molecule has 4 rings (SSSR count). The molecule has 7 nitrogen and oxygen atoms in total. The highest BCUT2D eigenvalue weighted by molar-refractivity contribution is 5.79. The van der Waals surface area contributed by atoms with Gasteiger partial charge in [0.1, 0.15) is 5.75 Å². The zero-order valence-corrected chi connectivity index (χ0v) is 19.5. The van der Waals surface area contributed by atoms with Crippen LogP contribution in [0, 0.1) is 0 Å². The number of benzene rings is 1. The third-order valence-corrected chi connectivity index (χ3v) is 7.01. The first-order chi connectivity index (χ1) is 15.6. The minimum absolute atomic E-state index is 0.166. The Balaban J connectivity index is 1.27. The zero-order chi connectivity index (χ0) is 22.3. The minimum Gasteiger partial charge on any atom is -0.494 e. The lowest BCUT2D eigenvalue weighted by atomic mass is 10.0. The molecule has 0 radical (unpaired) electrons. The lowest BCUT2D eigenvalue weighted by molar-refractivity contribution is -0.133. The predicted octanol–water partition coefficient (Wildman–Crippen LogP) is 2.38. The Labute approximate surface area is 192 Å². The minimum atomic E-state index is 0.166. The van der Waals surface area contributed by atoms with Crippen LogP contribution in [0.1, 0.15) is 50.6 Å². The second-order valence-electron chi connectivity index (χ2n) is 9.24. The van der Waals surface area contributed by atoms with Crippen LogP contribution in [0.15, 0.2) is 24.3 Å². The number of rotatable bonds is 7. The van der Waals surface area contributed by atoms with Crippen molar-refractivity contribution in [3.8, 4) is 5.75 Å². The Morgan fingerprint density at radius 2 is 1.47 bits per heavy atom. The van der Waals surface area contributed by atoms with Gasteiger partial charge in [-0.3, -0.25) is 19.4 Å². The maximum atomic E-state index is 13.2. The van der Waals surface area contributed by atoms with E-state index >= 15 is 0 Å². The Kier molecular flexibility index (Phi) is 8.03. The fraction of sp³-hybridized carbons (Fsp3) is 0.680. The van der Waals surface area contributed by atoms with E-state index < -0.39 is 0 Å². The van der Waals surface area contributed by atoms with Crippen molar-refractivity contribution in [2.75, 3.05) is 65.5 Å². The summed E-state index contributed by atoms with van der Waals surface area (Å²) in [6, 6.07) is 8.38. The number of likely N-dealkylation sites (tertiary alicyclic amines) is 2. The maximum absolute atomic E-state index is 13.2. The van der Waals surface area contributed by atoms with Crippen LogP contribution in [-0.2, 0) is 9.59 Å². The molecule has 1 atom stereocenters. The maximum Gasteiger partial charge on any atom is 0.237 e. The lowest BCUT2D eigenvalue weighted by Gasteiger charge is -2.28. The summed E-state index contributed by atoms with van der Waals surface area (Å²) in [5.74, 6) is 1.37. The molecule has 176 valence electrons. The third-order valence-electron chi connectivity index (χ3n) is 7.01. The van der Waals surface area contributed by atoms with E-state index in [1.165, 1.54) is 5.56 Å². The average molecular weight is 443 g/mol. The van der Waals surface area contributed by atoms with E-state index in [0.717, 1.165) is 83.7 Å². The molecule has 3 fully saturated rings. The van der Waals surface area contributed by atoms with Crippen LogP contribution in [0.2, 0.25) is 0 Å². The summed E-state index contributed by atoms with van der Waals surface area (Å²) >= 11 is 0. The highest BCUT2D eigenvalue weighted by atomic mass is 16.5. The molecule has 0 saturated carbocycles. The van der Waals surface area contributed by atoms with Gasteiger partial charge >= 0.3 is 0 Å². The molecule has 1 aromatic rings. The summed E-state index contributed by atoms with van der Waals surface area (Å²) < 4.78 is 5.56. The van der Waals surface area contributed by atoms with E-state index in [-0.39, 0.29) is 17.9 Å². The Bertz CT molecular complexity index is 763. The van der Waals surface area contributed by atoms with Crippen molar-refractivity contribution in [3.05, 3.63) is 29.8 Å². The molecule has 0 N–H and O–H groups in total. The lowest BCUT2D eigenvalue weighted by Crippen LogP contribution is -2.42. The molecule has 3 heterocycles. The Morgan fingerprint density at radius 3 is 2.12 bits per heavy atom. The highest BCUT2D eigenvalue weighted by Crippen LogP contribution is 2.33. The summed E-state index contributed by atoms with van der Waals surface area (Å²) in [5, 5.41) is 0. The van der Waals surface area contributed by atoms with Crippen LogP contribution in [0.25, 0.3) is 0 Å². The first-order valence-corrected chi connectivity index (χ1v) is 12.4. The molecule has 1 aromatic carbocycles. The summed E-state index contributed by atoms with van der Waals surface area (Å²) in [4.78, 5) is 34.3. The summed E-state index contributed by atoms with van der Waals surface area (Å²) in [6.45, 7) is 9.86. The van der Waals surface area contributed by atoms with Crippen LogP contribution in [-0.4, -0.2) is 96.9 Å². The molecule has 32 heavy (non-hydrogen) atoms. The number of carbonyl (C=O) groups excluding carboxylic acids is 2. The van der Waals surface area contributed by atoms with Gasteiger partial charge in [-0.1, -0.05) is 12.1 Å². The first-order valence-electron chi connectivity index (χ1n) is 12.4. The van der Waals surface area contributed by atoms with Crippen molar-refractivity contribution < 1.29 is 14.3 Å². The normalized spacial score (nSPS) is 22.8. The van der Waals surface area contributed by atoms with E-state index in [9.17, 15) is 9.59 Å². The monoisotopic (exact) mass is 442 g/mol. The van der Waals surface area contributed by atoms with Crippen molar-refractivity contribution in [2.24, 2.45) is 0 Å². The van der Waals surface area contributed by atoms with Crippen molar-refractivity contribution >= 4 is 11.8 Å². The van der Waals surface area contributed by atoms with Crippen LogP contribution in [0.4, 0.5) is 0 Å². The van der Waals surface area contributed by atoms with Crippen LogP contribution in [0.5, 0.6) is 5.75 Å². The standard InChI is InChI=1S/C25H38N4O3/c1-2-32-22-10-8-21(9-11-22)23-7-5-16-29(23)25(31)20-27-13-6-12-26(17-18-27)19-24(30)28-14-3-4-15-28/h8-11,23H,2-7,12-20H2,1H3. The molecular weight excluding hydrogens is 404 g/mol. The topological polar surface area (TPSA) is 56.3 Å². The quantitative estimate of drug-likeness (QED) is 0.649. The van der Waals surface area contributed by atoms with E-state index in [1.807, 2.05) is 24.0 Å². The van der Waals surface area contributed by atoms with Crippen molar-refractivity contribution in [1.82, 2.24) is 19.6 Å². The zero-order valence-electron chi connectivity index (χ0n) is 19.5. The van der Waals surface area contributed by atoms with Gasteiger partial charge < -0.3 is 14.5 Å². The smallest absolute Gasteiger partial charge is 0.237 e. The molecule has 3 aliphatic rings. The molecule has 1 unspecified atom stereocenters. The molecule has 2 amide bonds. The van der Waals surface area contributed by atoms with Crippen molar-refractivity contribution in [1.29, 1.82) is 0 Å². The number of ether oxygens (including phenoxy) is 1. The van der Waals surface area contributed by atoms with E-state index in [0.29, 0.717) is 19.7 Å². The fourth-order valence-corrected chi connectivity index (χ4v) is 5.25. The molecule has 0 aromatic heterocycles. The van der Waals surface area contributed by atoms with E-state index in [1.54, 1.807) is 0 Å². The Hall–Kier alpha value is -2.12. The number of amides is 2. The number of nitrogens with zero attached hydrogens (tertiary/aromatic N) is 4. The van der Waals surface area contributed by atoms with Gasteiger partial charge in [-0.2, -0.15) is 0 Å². The second-order valence-corrected chi connectivity index (χ2v) is 9.24. The molecule has 0 aliphatic carbocycles. The third kappa shape index (κ3) is 5.81. The van der Waals surface area contributed by atoms with Gasteiger partial charge in [0.25, 0.3) is 0 Å². The summed E-state index contributed by atoms with van der Waals surface area (Å²) in [5.41, 5.74) is 1.20. The van der Waals surface area contributed by atoms with Crippen LogP contribution in [0.3, 0.4) is 0 Å². The number of hydrogen-bond acceptors (Lipinski definition) is 5. The SMILES string of the molecule is CCOc1ccc(C2CCCN2C(=O)CN2CCCN(CC(=O)N3CCCC3)CC2)cc1. The van der Waals surface area contributed by atoms with Gasteiger partial charge in [-0.25, -0.2) is 0 Å². The van der Waals surface area contributed by atoms with Crippen molar-refractivity contribution in [2.45, 2.75) is 45.1 Å². The Morgan fingerprint density at radius 1 is 0.812 bits per heavy atom. The van der Waals surface area contributed by atoms with E-state index in [2.05, 4.69) is 26.8 Å². The van der Waals surface area contributed by atoms with Crippen LogP contribution < -0.4 is 4.74 Å². The van der Waals surface area contributed by atoms with Crippen molar-refractivity contribution in [3.63, 3.8) is 0 Å². The largest absolute Gasteiger partial charge is 0.494 e. The highest BCUT2D eigenvalue weighted by Gasteiger charge is 2.31. The van der Waals surface area contributed by atoms with Gasteiger partial charge in [-0.15, -0.1) is 0 Å². The van der Waals surface area contributed by atoms with Gasteiger partial charge in [0.05, 0.1) is 25.7 Å². The first kappa shape index (κ1) is 23.1. The molecule has 7 heteroatoms. The van der Waals surface area contributed by atoms with E-state index in [4.69, 9.17) is 4.74 Å². The fourth-order valence-electron chi connectivity index (χ4n) is 5.25. The summed E-state index contributed by atoms with van der Waals surface area (Å²) in [7, 11) is 0. The molecular formula is C25H38N4O3. The predicted molar refractivity (Wildman–Crippen MR) is 125 cm³/mol. The second kappa shape index (κ2) is 11.1. The number of carbonyl (C=O) groups is 2. The molecule has 3 aliphatic heterocycles. The molecule has 0 spiro atoms. The van der Waals surface area contributed by atoms with Crippen LogP contribution >= 0.6 is 0 Å².